The summed E-state index contributed by atoms with van der Waals surface area (Å²) in [6, 6.07) is 13.3. The van der Waals surface area contributed by atoms with E-state index >= 15 is 0 Å². The molecule has 1 atom stereocenters. The summed E-state index contributed by atoms with van der Waals surface area (Å²) >= 11 is 19.4. The van der Waals surface area contributed by atoms with E-state index in [-0.39, 0.29) is 5.91 Å². The quantitative estimate of drug-likeness (QED) is 0.298. The summed E-state index contributed by atoms with van der Waals surface area (Å²) < 4.78 is 0. The van der Waals surface area contributed by atoms with Gasteiger partial charge in [-0.1, -0.05) is 64.8 Å². The molecule has 1 aliphatic heterocycles. The molecule has 5 nitrogen and oxygen atoms in total. The standard InChI is InChI=1S/C24H23Cl3N4OS/c25-20-4-2-18(3-5-20)19-11-29-24(30-12-19)33-15-23(32)28-10-17-7-8-31(14-17)13-16-1-6-21(26)22(27)9-16/h1-6,9,11-12,17H,7-8,10,13-15H2,(H,28,32). The van der Waals surface area contributed by atoms with Gasteiger partial charge in [-0.25, -0.2) is 9.97 Å². The minimum absolute atomic E-state index is 0.00619. The van der Waals surface area contributed by atoms with Gasteiger partial charge in [0.05, 0.1) is 15.8 Å². The average molecular weight is 522 g/mol. The van der Waals surface area contributed by atoms with Crippen LogP contribution in [0.25, 0.3) is 11.1 Å². The van der Waals surface area contributed by atoms with E-state index in [1.807, 2.05) is 42.5 Å². The van der Waals surface area contributed by atoms with Crippen molar-refractivity contribution in [2.24, 2.45) is 5.92 Å². The molecule has 4 rings (SSSR count). The molecule has 1 saturated heterocycles. The molecule has 1 amide bonds. The van der Waals surface area contributed by atoms with E-state index < -0.39 is 0 Å². The van der Waals surface area contributed by atoms with Crippen LogP contribution in [-0.2, 0) is 11.3 Å². The Balaban J connectivity index is 1.17. The topological polar surface area (TPSA) is 58.1 Å². The van der Waals surface area contributed by atoms with E-state index in [1.54, 1.807) is 12.4 Å². The first kappa shape index (κ1) is 24.3. The van der Waals surface area contributed by atoms with Crippen LogP contribution >= 0.6 is 46.6 Å². The van der Waals surface area contributed by atoms with Crippen LogP contribution in [0.4, 0.5) is 0 Å². The maximum absolute atomic E-state index is 12.3. The second kappa shape index (κ2) is 11.5. The largest absolute Gasteiger partial charge is 0.355 e. The molecule has 3 aromatic rings. The fourth-order valence-electron chi connectivity index (χ4n) is 3.74. The van der Waals surface area contributed by atoms with Crippen LogP contribution in [0.5, 0.6) is 0 Å². The van der Waals surface area contributed by atoms with Gasteiger partial charge in [-0.2, -0.15) is 0 Å². The highest BCUT2D eigenvalue weighted by Crippen LogP contribution is 2.25. The van der Waals surface area contributed by atoms with Crippen molar-refractivity contribution in [1.29, 1.82) is 0 Å². The van der Waals surface area contributed by atoms with Gasteiger partial charge in [0.15, 0.2) is 5.16 Å². The number of nitrogens with one attached hydrogen (secondary N) is 1. The minimum Gasteiger partial charge on any atom is -0.355 e. The summed E-state index contributed by atoms with van der Waals surface area (Å²) in [5.74, 6) is 0.727. The number of hydrogen-bond donors (Lipinski definition) is 1. The van der Waals surface area contributed by atoms with E-state index in [1.165, 1.54) is 11.8 Å². The van der Waals surface area contributed by atoms with Crippen LogP contribution in [0, 0.1) is 5.92 Å². The van der Waals surface area contributed by atoms with Crippen LogP contribution in [0.2, 0.25) is 15.1 Å². The second-order valence-electron chi connectivity index (χ2n) is 7.99. The number of aromatic nitrogens is 2. The summed E-state index contributed by atoms with van der Waals surface area (Å²) in [6.07, 6.45) is 4.58. The molecular weight excluding hydrogens is 499 g/mol. The van der Waals surface area contributed by atoms with E-state index in [4.69, 9.17) is 34.8 Å². The minimum atomic E-state index is -0.00619. The van der Waals surface area contributed by atoms with Gasteiger partial charge in [-0.15, -0.1) is 0 Å². The van der Waals surface area contributed by atoms with Crippen LogP contribution < -0.4 is 5.32 Å². The molecular formula is C24H23Cl3N4OS. The van der Waals surface area contributed by atoms with Crippen LogP contribution in [0.15, 0.2) is 60.0 Å². The van der Waals surface area contributed by atoms with E-state index in [0.29, 0.717) is 38.4 Å². The van der Waals surface area contributed by atoms with Crippen molar-refractivity contribution in [3.63, 3.8) is 0 Å². The lowest BCUT2D eigenvalue weighted by Crippen LogP contribution is -2.32. The van der Waals surface area contributed by atoms with Gasteiger partial charge in [0, 0.05) is 42.6 Å². The van der Waals surface area contributed by atoms with Crippen molar-refractivity contribution >= 4 is 52.5 Å². The van der Waals surface area contributed by atoms with Gasteiger partial charge < -0.3 is 5.32 Å². The average Bonchev–Trinajstić information content (AvgIpc) is 3.27. The van der Waals surface area contributed by atoms with Crippen LogP contribution in [0.3, 0.4) is 0 Å². The van der Waals surface area contributed by atoms with Crippen molar-refractivity contribution in [2.45, 2.75) is 18.1 Å². The smallest absolute Gasteiger partial charge is 0.230 e. The predicted octanol–water partition coefficient (Wildman–Crippen LogP) is 5.83. The Morgan fingerprint density at radius 3 is 2.52 bits per heavy atom. The Morgan fingerprint density at radius 1 is 1.03 bits per heavy atom. The molecule has 33 heavy (non-hydrogen) atoms. The van der Waals surface area contributed by atoms with Gasteiger partial charge in [0.1, 0.15) is 0 Å². The van der Waals surface area contributed by atoms with Gasteiger partial charge >= 0.3 is 0 Å². The first-order valence-corrected chi connectivity index (χ1v) is 12.7. The number of hydrogen-bond acceptors (Lipinski definition) is 5. The fraction of sp³-hybridized carbons (Fsp3) is 0.292. The lowest BCUT2D eigenvalue weighted by Gasteiger charge is -2.17. The molecule has 0 spiro atoms. The van der Waals surface area contributed by atoms with Crippen molar-refractivity contribution in [3.8, 4) is 11.1 Å². The Morgan fingerprint density at radius 2 is 1.79 bits per heavy atom. The van der Waals surface area contributed by atoms with Gasteiger partial charge in [-0.05, 0) is 54.3 Å². The van der Waals surface area contributed by atoms with Gasteiger partial charge in [0.2, 0.25) is 5.91 Å². The number of thioether (sulfide) groups is 1. The number of amides is 1. The zero-order valence-electron chi connectivity index (χ0n) is 17.8. The Hall–Kier alpha value is -1.83. The Bertz CT molecular complexity index is 1100. The van der Waals surface area contributed by atoms with Gasteiger partial charge in [-0.3, -0.25) is 9.69 Å². The Kier molecular flexibility index (Phi) is 8.50. The monoisotopic (exact) mass is 520 g/mol. The van der Waals surface area contributed by atoms with Crippen molar-refractivity contribution in [3.05, 3.63) is 75.5 Å². The summed E-state index contributed by atoms with van der Waals surface area (Å²) in [7, 11) is 0. The third kappa shape index (κ3) is 7.08. The number of likely N-dealkylation sites (tertiary alicyclic amines) is 1. The summed E-state index contributed by atoms with van der Waals surface area (Å²) in [5, 5.41) is 5.47. The molecule has 9 heteroatoms. The van der Waals surface area contributed by atoms with Crippen molar-refractivity contribution in [1.82, 2.24) is 20.2 Å². The third-order valence-corrected chi connectivity index (χ3v) is 7.35. The third-order valence-electron chi connectivity index (χ3n) is 5.49. The molecule has 0 radical (unpaired) electrons. The predicted molar refractivity (Wildman–Crippen MR) is 136 cm³/mol. The number of nitrogens with zero attached hydrogens (tertiary/aromatic N) is 3. The van der Waals surface area contributed by atoms with Crippen molar-refractivity contribution < 1.29 is 4.79 Å². The van der Waals surface area contributed by atoms with E-state index in [0.717, 1.165) is 42.7 Å². The zero-order chi connectivity index (χ0) is 23.2. The highest BCUT2D eigenvalue weighted by molar-refractivity contribution is 7.99. The van der Waals surface area contributed by atoms with Gasteiger partial charge in [0.25, 0.3) is 0 Å². The highest BCUT2D eigenvalue weighted by atomic mass is 35.5. The van der Waals surface area contributed by atoms with Crippen LogP contribution in [-0.4, -0.2) is 46.2 Å². The maximum Gasteiger partial charge on any atom is 0.230 e. The first-order chi connectivity index (χ1) is 16.0. The number of benzene rings is 2. The number of carbonyl (C=O) groups is 1. The summed E-state index contributed by atoms with van der Waals surface area (Å²) in [6.45, 7) is 3.46. The molecule has 1 N–H and O–H groups in total. The Labute approximate surface area is 212 Å². The van der Waals surface area contributed by atoms with Crippen molar-refractivity contribution in [2.75, 3.05) is 25.4 Å². The molecule has 0 saturated carbocycles. The maximum atomic E-state index is 12.3. The first-order valence-electron chi connectivity index (χ1n) is 10.6. The number of carbonyl (C=O) groups excluding carboxylic acids is 1. The molecule has 0 bridgehead atoms. The summed E-state index contributed by atoms with van der Waals surface area (Å²) in [4.78, 5) is 23.4. The molecule has 2 heterocycles. The molecule has 1 unspecified atom stereocenters. The lowest BCUT2D eigenvalue weighted by molar-refractivity contribution is -0.118. The SMILES string of the molecule is O=C(CSc1ncc(-c2ccc(Cl)cc2)cn1)NCC1CCN(Cc2ccc(Cl)c(Cl)c2)C1. The molecule has 0 aliphatic carbocycles. The summed E-state index contributed by atoms with van der Waals surface area (Å²) in [5.41, 5.74) is 3.05. The normalized spacial score (nSPS) is 16.2. The zero-order valence-corrected chi connectivity index (χ0v) is 20.9. The molecule has 172 valence electrons. The number of halogens is 3. The second-order valence-corrected chi connectivity index (χ2v) is 10.2. The highest BCUT2D eigenvalue weighted by Gasteiger charge is 2.23. The van der Waals surface area contributed by atoms with E-state index in [2.05, 4.69) is 20.2 Å². The lowest BCUT2D eigenvalue weighted by atomic mass is 10.1. The molecule has 2 aromatic carbocycles. The molecule has 1 aliphatic rings. The number of rotatable bonds is 8. The fourth-order valence-corrected chi connectivity index (χ4v) is 4.80. The van der Waals surface area contributed by atoms with Crippen LogP contribution in [0.1, 0.15) is 12.0 Å². The molecule has 1 fully saturated rings. The van der Waals surface area contributed by atoms with E-state index in [9.17, 15) is 4.79 Å². The molecule has 1 aromatic heterocycles.